The zero-order valence-corrected chi connectivity index (χ0v) is 14.8. The molecule has 0 aliphatic heterocycles. The van der Waals surface area contributed by atoms with Crippen LogP contribution in [0.5, 0.6) is 11.5 Å². The Labute approximate surface area is 147 Å². The van der Waals surface area contributed by atoms with Crippen LogP contribution in [-0.2, 0) is 9.59 Å². The van der Waals surface area contributed by atoms with Gasteiger partial charge in [-0.05, 0) is 43.7 Å². The summed E-state index contributed by atoms with van der Waals surface area (Å²) >= 11 is 0. The van der Waals surface area contributed by atoms with E-state index in [1.165, 1.54) is 6.92 Å². The third-order valence-electron chi connectivity index (χ3n) is 3.56. The first-order valence-electron chi connectivity index (χ1n) is 7.89. The van der Waals surface area contributed by atoms with Crippen molar-refractivity contribution < 1.29 is 19.1 Å². The molecule has 2 rings (SSSR count). The highest BCUT2D eigenvalue weighted by Crippen LogP contribution is 2.27. The van der Waals surface area contributed by atoms with Gasteiger partial charge in [-0.25, -0.2) is 0 Å². The second-order valence-electron chi connectivity index (χ2n) is 5.61. The molecule has 0 heterocycles. The lowest BCUT2D eigenvalue weighted by atomic mass is 10.1. The lowest BCUT2D eigenvalue weighted by Crippen LogP contribution is -2.30. The van der Waals surface area contributed by atoms with Crippen LogP contribution in [0.25, 0.3) is 0 Å². The number of carbonyl (C=O) groups excluding carboxylic acids is 2. The Balaban J connectivity index is 2.07. The van der Waals surface area contributed by atoms with E-state index in [0.29, 0.717) is 22.9 Å². The quantitative estimate of drug-likeness (QED) is 0.844. The molecule has 132 valence electrons. The number of rotatable bonds is 6. The minimum atomic E-state index is -0.721. The summed E-state index contributed by atoms with van der Waals surface area (Å²) in [4.78, 5) is 23.6. The van der Waals surface area contributed by atoms with Crippen LogP contribution in [0.1, 0.15) is 19.4 Å². The van der Waals surface area contributed by atoms with Gasteiger partial charge in [0.1, 0.15) is 0 Å². The van der Waals surface area contributed by atoms with Crippen molar-refractivity contribution in [2.45, 2.75) is 26.9 Å². The van der Waals surface area contributed by atoms with Crippen molar-refractivity contribution in [2.24, 2.45) is 0 Å². The Morgan fingerprint density at radius 2 is 1.72 bits per heavy atom. The van der Waals surface area contributed by atoms with Gasteiger partial charge in [-0.2, -0.15) is 0 Å². The molecule has 0 aliphatic rings. The maximum absolute atomic E-state index is 12.4. The van der Waals surface area contributed by atoms with Gasteiger partial charge in [0.2, 0.25) is 5.91 Å². The van der Waals surface area contributed by atoms with Crippen LogP contribution in [0.4, 0.5) is 11.4 Å². The topological polar surface area (TPSA) is 76.7 Å². The highest BCUT2D eigenvalue weighted by Gasteiger charge is 2.17. The van der Waals surface area contributed by atoms with Crippen LogP contribution in [0.3, 0.4) is 0 Å². The molecule has 25 heavy (non-hydrogen) atoms. The molecule has 2 aromatic carbocycles. The van der Waals surface area contributed by atoms with E-state index >= 15 is 0 Å². The lowest BCUT2D eigenvalue weighted by molar-refractivity contribution is -0.122. The molecule has 2 amide bonds. The van der Waals surface area contributed by atoms with Crippen molar-refractivity contribution in [1.82, 2.24) is 0 Å². The molecule has 0 bridgehead atoms. The van der Waals surface area contributed by atoms with Crippen molar-refractivity contribution in [3.8, 4) is 11.5 Å². The Kier molecular flexibility index (Phi) is 6.00. The average molecular weight is 342 g/mol. The smallest absolute Gasteiger partial charge is 0.265 e. The number of anilines is 2. The summed E-state index contributed by atoms with van der Waals surface area (Å²) in [6.07, 6.45) is -0.721. The molecule has 2 N–H and O–H groups in total. The maximum Gasteiger partial charge on any atom is 0.265 e. The van der Waals surface area contributed by atoms with E-state index in [1.807, 2.05) is 25.1 Å². The molecule has 0 fully saturated rings. The Bertz CT molecular complexity index is 774. The molecule has 0 aromatic heterocycles. The molecule has 0 aliphatic carbocycles. The number of ether oxygens (including phenoxy) is 2. The highest BCUT2D eigenvalue weighted by molar-refractivity contribution is 5.96. The van der Waals surface area contributed by atoms with Gasteiger partial charge in [-0.3, -0.25) is 9.59 Å². The number of methoxy groups -OCH3 is 1. The minimum absolute atomic E-state index is 0.167. The van der Waals surface area contributed by atoms with Crippen LogP contribution >= 0.6 is 0 Å². The molecule has 1 atom stereocenters. The zero-order valence-electron chi connectivity index (χ0n) is 14.8. The molecule has 6 nitrogen and oxygen atoms in total. The second kappa shape index (κ2) is 8.19. The van der Waals surface area contributed by atoms with Crippen molar-refractivity contribution in [1.29, 1.82) is 0 Å². The fraction of sp³-hybridized carbons (Fsp3) is 0.263. The first-order valence-corrected chi connectivity index (χ1v) is 7.89. The Morgan fingerprint density at radius 3 is 2.36 bits per heavy atom. The average Bonchev–Trinajstić information content (AvgIpc) is 2.57. The summed E-state index contributed by atoms with van der Waals surface area (Å²) in [5.74, 6) is 0.587. The van der Waals surface area contributed by atoms with Crippen LogP contribution in [0.15, 0.2) is 42.5 Å². The van der Waals surface area contributed by atoms with Crippen LogP contribution in [0, 0.1) is 6.92 Å². The highest BCUT2D eigenvalue weighted by atomic mass is 16.5. The first kappa shape index (κ1) is 18.3. The fourth-order valence-electron chi connectivity index (χ4n) is 2.23. The predicted octanol–water partition coefficient (Wildman–Crippen LogP) is 3.37. The van der Waals surface area contributed by atoms with Gasteiger partial charge in [-0.15, -0.1) is 0 Å². The van der Waals surface area contributed by atoms with Crippen molar-refractivity contribution >= 4 is 23.2 Å². The normalized spacial score (nSPS) is 11.4. The molecule has 2 aromatic rings. The number of aryl methyl sites for hydroxylation is 1. The van der Waals surface area contributed by atoms with Gasteiger partial charge in [0.15, 0.2) is 17.6 Å². The van der Waals surface area contributed by atoms with Crippen molar-refractivity contribution in [3.05, 3.63) is 48.0 Å². The third kappa shape index (κ3) is 4.97. The maximum atomic E-state index is 12.4. The molecular weight excluding hydrogens is 320 g/mol. The fourth-order valence-corrected chi connectivity index (χ4v) is 2.23. The number of hydrogen-bond donors (Lipinski definition) is 2. The van der Waals surface area contributed by atoms with Crippen LogP contribution in [0.2, 0.25) is 0 Å². The summed E-state index contributed by atoms with van der Waals surface area (Å²) in [7, 11) is 1.54. The number of benzene rings is 2. The predicted molar refractivity (Wildman–Crippen MR) is 97.2 cm³/mol. The molecule has 6 heteroatoms. The van der Waals surface area contributed by atoms with E-state index in [4.69, 9.17) is 9.47 Å². The van der Waals surface area contributed by atoms with E-state index in [-0.39, 0.29) is 11.8 Å². The number of amides is 2. The first-order chi connectivity index (χ1) is 11.9. The van der Waals surface area contributed by atoms with Crippen molar-refractivity contribution in [3.63, 3.8) is 0 Å². The van der Waals surface area contributed by atoms with Crippen LogP contribution in [-0.4, -0.2) is 25.0 Å². The molecule has 0 saturated carbocycles. The molecule has 0 saturated heterocycles. The zero-order chi connectivity index (χ0) is 18.4. The number of nitrogens with one attached hydrogen (secondary N) is 2. The van der Waals surface area contributed by atoms with Gasteiger partial charge in [-0.1, -0.05) is 18.2 Å². The van der Waals surface area contributed by atoms with Crippen molar-refractivity contribution in [2.75, 3.05) is 17.7 Å². The van der Waals surface area contributed by atoms with E-state index < -0.39 is 6.10 Å². The summed E-state index contributed by atoms with van der Waals surface area (Å²) in [5, 5.41) is 5.52. The van der Waals surface area contributed by atoms with E-state index in [1.54, 1.807) is 38.3 Å². The van der Waals surface area contributed by atoms with Gasteiger partial charge in [0.05, 0.1) is 7.11 Å². The van der Waals surface area contributed by atoms with E-state index in [9.17, 15) is 9.59 Å². The standard InChI is InChI=1S/C19H22N2O4/c1-12-9-10-15(11-16(12)20-14(3)22)21-19(23)13(2)25-18-8-6-5-7-17(18)24-4/h5-11,13H,1-4H3,(H,20,22)(H,21,23). The summed E-state index contributed by atoms with van der Waals surface area (Å²) < 4.78 is 10.9. The lowest BCUT2D eigenvalue weighted by Gasteiger charge is -2.17. The largest absolute Gasteiger partial charge is 0.493 e. The molecule has 0 radical (unpaired) electrons. The Hall–Kier alpha value is -3.02. The summed E-state index contributed by atoms with van der Waals surface area (Å²) in [5.41, 5.74) is 2.14. The van der Waals surface area contributed by atoms with E-state index in [0.717, 1.165) is 5.56 Å². The minimum Gasteiger partial charge on any atom is -0.493 e. The number of carbonyl (C=O) groups is 2. The number of hydrogen-bond acceptors (Lipinski definition) is 4. The van der Waals surface area contributed by atoms with Gasteiger partial charge in [0.25, 0.3) is 5.91 Å². The van der Waals surface area contributed by atoms with Gasteiger partial charge < -0.3 is 20.1 Å². The molecule has 1 unspecified atom stereocenters. The van der Waals surface area contributed by atoms with Crippen LogP contribution < -0.4 is 20.1 Å². The molecule has 0 spiro atoms. The summed E-state index contributed by atoms with van der Waals surface area (Å²) in [6, 6.07) is 12.4. The van der Waals surface area contributed by atoms with E-state index in [2.05, 4.69) is 10.6 Å². The van der Waals surface area contributed by atoms with Gasteiger partial charge >= 0.3 is 0 Å². The molecular formula is C19H22N2O4. The monoisotopic (exact) mass is 342 g/mol. The summed E-state index contributed by atoms with van der Waals surface area (Å²) in [6.45, 7) is 4.98. The SMILES string of the molecule is COc1ccccc1OC(C)C(=O)Nc1ccc(C)c(NC(C)=O)c1. The second-order valence-corrected chi connectivity index (χ2v) is 5.61. The number of para-hydroxylation sites is 2. The van der Waals surface area contributed by atoms with Gasteiger partial charge in [0, 0.05) is 18.3 Å². The third-order valence-corrected chi connectivity index (χ3v) is 3.56. The Morgan fingerprint density at radius 1 is 1.04 bits per heavy atom.